The molecule has 0 unspecified atom stereocenters. The fraction of sp³-hybridized carbons (Fsp3) is 0.500. The number of hydrogen-bond donors (Lipinski definition) is 2. The van der Waals surface area contributed by atoms with Crippen molar-refractivity contribution in [3.63, 3.8) is 0 Å². The minimum Gasteiger partial charge on any atom is -0.387 e. The first kappa shape index (κ1) is 14.6. The molecular formula is C16H24N4. The number of aryl methyl sites for hydroxylation is 2. The molecule has 0 bridgehead atoms. The number of nitrogens with two attached hydrogens (primary N) is 1. The van der Waals surface area contributed by atoms with Crippen molar-refractivity contribution in [2.45, 2.75) is 46.6 Å². The summed E-state index contributed by atoms with van der Waals surface area (Å²) in [4.78, 5) is 4.73. The highest BCUT2D eigenvalue weighted by atomic mass is 15.1. The monoisotopic (exact) mass is 272 g/mol. The number of imidazole rings is 1. The molecule has 2 rings (SSSR count). The van der Waals surface area contributed by atoms with Gasteiger partial charge in [-0.15, -0.1) is 0 Å². The van der Waals surface area contributed by atoms with Crippen LogP contribution in [0.25, 0.3) is 11.0 Å². The number of aromatic nitrogens is 2. The first-order valence-electron chi connectivity index (χ1n) is 7.24. The number of rotatable bonds is 6. The first-order chi connectivity index (χ1) is 9.45. The van der Waals surface area contributed by atoms with Crippen molar-refractivity contribution in [2.75, 3.05) is 0 Å². The smallest absolute Gasteiger partial charge is 0.109 e. The Morgan fingerprint density at radius 3 is 2.70 bits per heavy atom. The van der Waals surface area contributed by atoms with Gasteiger partial charge in [-0.25, -0.2) is 4.98 Å². The highest BCUT2D eigenvalue weighted by molar-refractivity contribution is 5.82. The minimum atomic E-state index is -0.269. The van der Waals surface area contributed by atoms with Crippen molar-refractivity contribution >= 4 is 16.9 Å². The SMILES string of the molecule is CCCc1nc2ccccc2n1CCC(C)(C)C(=N)N. The normalized spacial score (nSPS) is 11.9. The molecule has 0 fully saturated rings. The van der Waals surface area contributed by atoms with Gasteiger partial charge in [0.25, 0.3) is 0 Å². The van der Waals surface area contributed by atoms with E-state index < -0.39 is 0 Å². The summed E-state index contributed by atoms with van der Waals surface area (Å²) in [5.74, 6) is 1.38. The van der Waals surface area contributed by atoms with Crippen LogP contribution >= 0.6 is 0 Å². The Bertz CT molecular complexity index is 610. The van der Waals surface area contributed by atoms with Gasteiger partial charge >= 0.3 is 0 Å². The van der Waals surface area contributed by atoms with Crippen LogP contribution in [0, 0.1) is 10.8 Å². The van der Waals surface area contributed by atoms with E-state index >= 15 is 0 Å². The van der Waals surface area contributed by atoms with Crippen LogP contribution in [0.2, 0.25) is 0 Å². The number of hydrogen-bond acceptors (Lipinski definition) is 2. The molecule has 3 N–H and O–H groups in total. The lowest BCUT2D eigenvalue weighted by atomic mass is 9.88. The molecule has 0 atom stereocenters. The third-order valence-electron chi connectivity index (χ3n) is 3.90. The summed E-state index contributed by atoms with van der Waals surface area (Å²) in [6.45, 7) is 7.06. The van der Waals surface area contributed by atoms with Gasteiger partial charge in [0.1, 0.15) is 5.82 Å². The number of amidine groups is 1. The van der Waals surface area contributed by atoms with Crippen LogP contribution < -0.4 is 5.73 Å². The lowest BCUT2D eigenvalue weighted by Gasteiger charge is -2.23. The maximum absolute atomic E-state index is 7.68. The molecule has 1 aromatic heterocycles. The predicted octanol–water partition coefficient (Wildman–Crippen LogP) is 3.34. The number of nitrogens with zero attached hydrogens (tertiary/aromatic N) is 2. The molecule has 0 saturated heterocycles. The van der Waals surface area contributed by atoms with E-state index in [0.29, 0.717) is 0 Å². The summed E-state index contributed by atoms with van der Waals surface area (Å²) < 4.78 is 2.28. The summed E-state index contributed by atoms with van der Waals surface area (Å²) in [6, 6.07) is 8.24. The van der Waals surface area contributed by atoms with Gasteiger partial charge in [0.05, 0.1) is 16.9 Å². The van der Waals surface area contributed by atoms with Crippen LogP contribution in [0.1, 0.15) is 39.4 Å². The lowest BCUT2D eigenvalue weighted by Crippen LogP contribution is -2.32. The molecule has 0 aliphatic heterocycles. The van der Waals surface area contributed by atoms with E-state index in [0.717, 1.165) is 37.1 Å². The van der Waals surface area contributed by atoms with E-state index in [1.54, 1.807) is 0 Å². The quantitative estimate of drug-likeness (QED) is 0.625. The molecule has 1 heterocycles. The summed E-state index contributed by atoms with van der Waals surface area (Å²) in [7, 11) is 0. The van der Waals surface area contributed by atoms with E-state index in [-0.39, 0.29) is 11.3 Å². The Morgan fingerprint density at radius 2 is 2.05 bits per heavy atom. The van der Waals surface area contributed by atoms with Crippen LogP contribution in [0.15, 0.2) is 24.3 Å². The number of benzene rings is 1. The van der Waals surface area contributed by atoms with E-state index in [9.17, 15) is 0 Å². The average Bonchev–Trinajstić information content (AvgIpc) is 2.74. The molecule has 0 aliphatic rings. The summed E-state index contributed by atoms with van der Waals surface area (Å²) in [5, 5.41) is 7.68. The highest BCUT2D eigenvalue weighted by Crippen LogP contribution is 2.24. The molecule has 20 heavy (non-hydrogen) atoms. The van der Waals surface area contributed by atoms with Crippen LogP contribution in [0.3, 0.4) is 0 Å². The predicted molar refractivity (Wildman–Crippen MR) is 84.0 cm³/mol. The molecule has 4 nitrogen and oxygen atoms in total. The van der Waals surface area contributed by atoms with Crippen molar-refractivity contribution < 1.29 is 0 Å². The molecule has 1 aromatic carbocycles. The van der Waals surface area contributed by atoms with Gasteiger partial charge in [0.15, 0.2) is 0 Å². The molecule has 0 spiro atoms. The molecule has 0 radical (unpaired) electrons. The van der Waals surface area contributed by atoms with Gasteiger partial charge in [-0.05, 0) is 25.0 Å². The standard InChI is InChI=1S/C16H24N4/c1-4-7-14-19-12-8-5-6-9-13(12)20(14)11-10-16(2,3)15(17)18/h5-6,8-9H,4,7,10-11H2,1-3H3,(H3,17,18). The number of nitrogens with one attached hydrogen (secondary N) is 1. The van der Waals surface area contributed by atoms with Crippen molar-refractivity contribution in [1.82, 2.24) is 9.55 Å². The second-order valence-corrected chi connectivity index (χ2v) is 5.97. The zero-order chi connectivity index (χ0) is 14.8. The lowest BCUT2D eigenvalue weighted by molar-refractivity contribution is 0.426. The Kier molecular flexibility index (Phi) is 4.12. The third-order valence-corrected chi connectivity index (χ3v) is 3.90. The van der Waals surface area contributed by atoms with E-state index in [1.807, 2.05) is 26.0 Å². The van der Waals surface area contributed by atoms with Gasteiger partial charge in [-0.1, -0.05) is 32.9 Å². The molecule has 0 saturated carbocycles. The zero-order valence-electron chi connectivity index (χ0n) is 12.6. The Labute approximate surface area is 120 Å². The van der Waals surface area contributed by atoms with Gasteiger partial charge in [-0.2, -0.15) is 0 Å². The molecule has 4 heteroatoms. The largest absolute Gasteiger partial charge is 0.387 e. The third kappa shape index (κ3) is 2.84. The minimum absolute atomic E-state index is 0.249. The van der Waals surface area contributed by atoms with Crippen molar-refractivity contribution in [3.8, 4) is 0 Å². The second-order valence-electron chi connectivity index (χ2n) is 5.97. The Hall–Kier alpha value is -1.84. The Morgan fingerprint density at radius 1 is 1.35 bits per heavy atom. The molecule has 2 aromatic rings. The summed E-state index contributed by atoms with van der Waals surface area (Å²) >= 11 is 0. The molecule has 0 amide bonds. The Balaban J connectivity index is 2.32. The van der Waals surface area contributed by atoms with Gasteiger partial charge in [-0.3, -0.25) is 5.41 Å². The van der Waals surface area contributed by atoms with E-state index in [4.69, 9.17) is 16.1 Å². The van der Waals surface area contributed by atoms with Crippen molar-refractivity contribution in [3.05, 3.63) is 30.1 Å². The van der Waals surface area contributed by atoms with E-state index in [2.05, 4.69) is 23.6 Å². The average molecular weight is 272 g/mol. The fourth-order valence-electron chi connectivity index (χ4n) is 2.32. The molecular weight excluding hydrogens is 248 g/mol. The number of para-hydroxylation sites is 2. The van der Waals surface area contributed by atoms with Gasteiger partial charge in [0, 0.05) is 18.4 Å². The molecule has 0 aliphatic carbocycles. The highest BCUT2D eigenvalue weighted by Gasteiger charge is 2.22. The summed E-state index contributed by atoms with van der Waals surface area (Å²) in [6.07, 6.45) is 2.91. The first-order valence-corrected chi connectivity index (χ1v) is 7.24. The van der Waals surface area contributed by atoms with Gasteiger partial charge < -0.3 is 10.3 Å². The number of fused-ring (bicyclic) bond motifs is 1. The van der Waals surface area contributed by atoms with Crippen molar-refractivity contribution in [2.24, 2.45) is 11.1 Å². The zero-order valence-corrected chi connectivity index (χ0v) is 12.6. The van der Waals surface area contributed by atoms with Crippen LogP contribution in [0.4, 0.5) is 0 Å². The van der Waals surface area contributed by atoms with Crippen LogP contribution in [0.5, 0.6) is 0 Å². The maximum atomic E-state index is 7.68. The topological polar surface area (TPSA) is 67.7 Å². The molecule has 108 valence electrons. The van der Waals surface area contributed by atoms with Crippen molar-refractivity contribution in [1.29, 1.82) is 5.41 Å². The van der Waals surface area contributed by atoms with E-state index in [1.165, 1.54) is 5.52 Å². The van der Waals surface area contributed by atoms with Crippen LogP contribution in [-0.2, 0) is 13.0 Å². The fourth-order valence-corrected chi connectivity index (χ4v) is 2.32. The van der Waals surface area contributed by atoms with Crippen LogP contribution in [-0.4, -0.2) is 15.4 Å². The summed E-state index contributed by atoms with van der Waals surface area (Å²) in [5.41, 5.74) is 7.64. The van der Waals surface area contributed by atoms with Gasteiger partial charge in [0.2, 0.25) is 0 Å². The second kappa shape index (κ2) is 5.65. The maximum Gasteiger partial charge on any atom is 0.109 e.